The molecule has 6 heteroatoms. The SMILES string of the molecule is Cc1ccc2c(c1)C(=O)N(CCCC(=O)Nc1c(C)cc(C)nc1C)C2=O. The number of hydrogen-bond donors (Lipinski definition) is 1. The summed E-state index contributed by atoms with van der Waals surface area (Å²) in [6.45, 7) is 7.81. The van der Waals surface area contributed by atoms with E-state index in [-0.39, 0.29) is 30.7 Å². The Bertz CT molecular complexity index is 927. The third-order valence-corrected chi connectivity index (χ3v) is 4.70. The molecule has 0 atom stereocenters. The lowest BCUT2D eigenvalue weighted by Crippen LogP contribution is -2.31. The van der Waals surface area contributed by atoms with Gasteiger partial charge in [0.2, 0.25) is 5.91 Å². The Hall–Kier alpha value is -3.02. The largest absolute Gasteiger partial charge is 0.324 e. The molecule has 0 spiro atoms. The van der Waals surface area contributed by atoms with E-state index in [0.717, 1.165) is 28.2 Å². The van der Waals surface area contributed by atoms with Gasteiger partial charge in [0.1, 0.15) is 0 Å². The lowest BCUT2D eigenvalue weighted by atomic mass is 10.1. The van der Waals surface area contributed by atoms with Crippen molar-refractivity contribution < 1.29 is 14.4 Å². The van der Waals surface area contributed by atoms with E-state index in [1.54, 1.807) is 12.1 Å². The van der Waals surface area contributed by atoms with E-state index in [9.17, 15) is 14.4 Å². The van der Waals surface area contributed by atoms with E-state index in [2.05, 4.69) is 10.3 Å². The van der Waals surface area contributed by atoms with Crippen LogP contribution in [-0.4, -0.2) is 34.2 Å². The molecule has 140 valence electrons. The standard InChI is InChI=1S/C21H23N3O3/c1-12-7-8-16-17(10-12)21(27)24(20(16)26)9-5-6-18(25)23-19-13(2)11-14(3)22-15(19)4/h7-8,10-11H,5-6,9H2,1-4H3,(H,23,25). The molecule has 0 aliphatic carbocycles. The summed E-state index contributed by atoms with van der Waals surface area (Å²) < 4.78 is 0. The second-order valence-corrected chi connectivity index (χ2v) is 7.00. The van der Waals surface area contributed by atoms with E-state index in [1.807, 2.05) is 39.8 Å². The van der Waals surface area contributed by atoms with Gasteiger partial charge in [0, 0.05) is 18.7 Å². The zero-order valence-corrected chi connectivity index (χ0v) is 16.0. The molecule has 2 aromatic rings. The normalized spacial score (nSPS) is 13.1. The summed E-state index contributed by atoms with van der Waals surface area (Å²) >= 11 is 0. The van der Waals surface area contributed by atoms with Crippen molar-refractivity contribution in [1.29, 1.82) is 0 Å². The molecule has 1 N–H and O–H groups in total. The molecule has 0 unspecified atom stereocenters. The van der Waals surface area contributed by atoms with Crippen LogP contribution in [0.3, 0.4) is 0 Å². The van der Waals surface area contributed by atoms with Crippen molar-refractivity contribution in [2.75, 3.05) is 11.9 Å². The van der Waals surface area contributed by atoms with E-state index in [4.69, 9.17) is 0 Å². The van der Waals surface area contributed by atoms with Gasteiger partial charge < -0.3 is 5.32 Å². The summed E-state index contributed by atoms with van der Waals surface area (Å²) in [7, 11) is 0. The van der Waals surface area contributed by atoms with Gasteiger partial charge in [-0.25, -0.2) is 0 Å². The molecule has 0 fully saturated rings. The highest BCUT2D eigenvalue weighted by molar-refractivity contribution is 6.21. The Kier molecular flexibility index (Phi) is 5.08. The van der Waals surface area contributed by atoms with E-state index in [1.165, 1.54) is 4.90 Å². The maximum absolute atomic E-state index is 12.4. The zero-order valence-electron chi connectivity index (χ0n) is 16.0. The topological polar surface area (TPSA) is 79.4 Å². The summed E-state index contributed by atoms with van der Waals surface area (Å²) in [4.78, 5) is 42.7. The zero-order chi connectivity index (χ0) is 19.7. The van der Waals surface area contributed by atoms with E-state index in [0.29, 0.717) is 17.5 Å². The number of imide groups is 1. The fraction of sp³-hybridized carbons (Fsp3) is 0.333. The van der Waals surface area contributed by atoms with Crippen LogP contribution in [0.4, 0.5) is 5.69 Å². The number of nitrogens with zero attached hydrogens (tertiary/aromatic N) is 2. The molecular formula is C21H23N3O3. The summed E-state index contributed by atoms with van der Waals surface area (Å²) in [6, 6.07) is 7.16. The van der Waals surface area contributed by atoms with Gasteiger partial charge in [0.25, 0.3) is 11.8 Å². The monoisotopic (exact) mass is 365 g/mol. The highest BCUT2D eigenvalue weighted by atomic mass is 16.2. The van der Waals surface area contributed by atoms with Crippen LogP contribution in [-0.2, 0) is 4.79 Å². The van der Waals surface area contributed by atoms with Gasteiger partial charge in [-0.15, -0.1) is 0 Å². The fourth-order valence-electron chi connectivity index (χ4n) is 3.42. The Morgan fingerprint density at radius 2 is 1.74 bits per heavy atom. The molecule has 1 aliphatic rings. The number of hydrogen-bond acceptors (Lipinski definition) is 4. The number of carbonyl (C=O) groups excluding carboxylic acids is 3. The number of rotatable bonds is 5. The van der Waals surface area contributed by atoms with Crippen molar-refractivity contribution in [2.45, 2.75) is 40.5 Å². The average molecular weight is 365 g/mol. The molecule has 0 bridgehead atoms. The molecule has 1 aromatic heterocycles. The number of nitrogens with one attached hydrogen (secondary N) is 1. The molecule has 3 rings (SSSR count). The number of aromatic nitrogens is 1. The molecule has 1 aliphatic heterocycles. The first-order chi connectivity index (χ1) is 12.8. The fourth-order valence-corrected chi connectivity index (χ4v) is 3.42. The predicted octanol–water partition coefficient (Wildman–Crippen LogP) is 3.33. The van der Waals surface area contributed by atoms with Gasteiger partial charge in [-0.05, 0) is 57.9 Å². The minimum absolute atomic E-state index is 0.153. The maximum atomic E-state index is 12.4. The number of anilines is 1. The third kappa shape index (κ3) is 3.74. The average Bonchev–Trinajstić information content (AvgIpc) is 2.82. The predicted molar refractivity (Wildman–Crippen MR) is 103 cm³/mol. The van der Waals surface area contributed by atoms with Crippen LogP contribution < -0.4 is 5.32 Å². The third-order valence-electron chi connectivity index (χ3n) is 4.70. The lowest BCUT2D eigenvalue weighted by molar-refractivity contribution is -0.116. The number of pyridine rings is 1. The molecule has 0 saturated heterocycles. The van der Waals surface area contributed by atoms with Crippen LogP contribution in [0, 0.1) is 27.7 Å². The van der Waals surface area contributed by atoms with Gasteiger partial charge in [-0.2, -0.15) is 0 Å². The van der Waals surface area contributed by atoms with Crippen LogP contribution in [0.1, 0.15) is 56.1 Å². The Morgan fingerprint density at radius 3 is 2.44 bits per heavy atom. The first-order valence-electron chi connectivity index (χ1n) is 8.99. The molecule has 2 heterocycles. The van der Waals surface area contributed by atoms with Gasteiger partial charge in [0.15, 0.2) is 0 Å². The summed E-state index contributed by atoms with van der Waals surface area (Å²) in [5, 5.41) is 2.89. The molecule has 3 amide bonds. The van der Waals surface area contributed by atoms with Gasteiger partial charge in [-0.3, -0.25) is 24.3 Å². The Morgan fingerprint density at radius 1 is 1.04 bits per heavy atom. The van der Waals surface area contributed by atoms with Crippen molar-refractivity contribution in [1.82, 2.24) is 9.88 Å². The van der Waals surface area contributed by atoms with Crippen molar-refractivity contribution in [3.05, 3.63) is 57.9 Å². The minimum atomic E-state index is -0.287. The quantitative estimate of drug-likeness (QED) is 0.824. The van der Waals surface area contributed by atoms with Crippen molar-refractivity contribution in [3.63, 3.8) is 0 Å². The first kappa shape index (κ1) is 18.8. The van der Waals surface area contributed by atoms with Crippen LogP contribution in [0.2, 0.25) is 0 Å². The lowest BCUT2D eigenvalue weighted by Gasteiger charge is -2.14. The van der Waals surface area contributed by atoms with Gasteiger partial charge in [0.05, 0.1) is 22.5 Å². The molecular weight excluding hydrogens is 342 g/mol. The van der Waals surface area contributed by atoms with E-state index >= 15 is 0 Å². The van der Waals surface area contributed by atoms with Crippen molar-refractivity contribution in [2.24, 2.45) is 0 Å². The molecule has 0 radical (unpaired) electrons. The minimum Gasteiger partial charge on any atom is -0.324 e. The Labute approximate surface area is 158 Å². The van der Waals surface area contributed by atoms with Crippen LogP contribution in [0.25, 0.3) is 0 Å². The molecule has 0 saturated carbocycles. The maximum Gasteiger partial charge on any atom is 0.261 e. The van der Waals surface area contributed by atoms with Gasteiger partial charge in [-0.1, -0.05) is 11.6 Å². The summed E-state index contributed by atoms with van der Waals surface area (Å²) in [5.41, 5.74) is 5.19. The number of aryl methyl sites for hydroxylation is 4. The molecule has 27 heavy (non-hydrogen) atoms. The van der Waals surface area contributed by atoms with Crippen LogP contribution >= 0.6 is 0 Å². The van der Waals surface area contributed by atoms with Crippen molar-refractivity contribution >= 4 is 23.4 Å². The second kappa shape index (κ2) is 7.31. The molecule has 1 aromatic carbocycles. The van der Waals surface area contributed by atoms with Crippen LogP contribution in [0.5, 0.6) is 0 Å². The number of fused-ring (bicyclic) bond motifs is 1. The first-order valence-corrected chi connectivity index (χ1v) is 8.99. The number of benzene rings is 1. The highest BCUT2D eigenvalue weighted by Gasteiger charge is 2.34. The summed E-state index contributed by atoms with van der Waals surface area (Å²) in [6.07, 6.45) is 0.632. The van der Waals surface area contributed by atoms with E-state index < -0.39 is 0 Å². The smallest absolute Gasteiger partial charge is 0.261 e. The number of carbonyl (C=O) groups is 3. The Balaban J connectivity index is 1.58. The highest BCUT2D eigenvalue weighted by Crippen LogP contribution is 2.24. The van der Waals surface area contributed by atoms with Gasteiger partial charge >= 0.3 is 0 Å². The van der Waals surface area contributed by atoms with Crippen molar-refractivity contribution in [3.8, 4) is 0 Å². The number of amides is 3. The van der Waals surface area contributed by atoms with Crippen LogP contribution in [0.15, 0.2) is 24.3 Å². The summed E-state index contributed by atoms with van der Waals surface area (Å²) in [5.74, 6) is -0.724. The molecule has 6 nitrogen and oxygen atoms in total. The second-order valence-electron chi connectivity index (χ2n) is 7.00.